The summed E-state index contributed by atoms with van der Waals surface area (Å²) in [6, 6.07) is 16.4. The lowest BCUT2D eigenvalue weighted by Crippen LogP contribution is -2.02. The van der Waals surface area contributed by atoms with Crippen LogP contribution < -0.4 is 0 Å². The largest absolute Gasteiger partial charge is 0.208 e. The molecule has 0 fully saturated rings. The first-order chi connectivity index (χ1) is 12.6. The van der Waals surface area contributed by atoms with Gasteiger partial charge >= 0.3 is 0 Å². The van der Waals surface area contributed by atoms with Gasteiger partial charge in [0, 0.05) is 16.7 Å². The van der Waals surface area contributed by atoms with E-state index in [4.69, 9.17) is 15.0 Å². The molecule has 0 bridgehead atoms. The molecule has 2 aromatic carbocycles. The van der Waals surface area contributed by atoms with Crippen LogP contribution in [0.5, 0.6) is 0 Å². The van der Waals surface area contributed by atoms with Crippen molar-refractivity contribution in [3.05, 3.63) is 83.7 Å². The molecule has 0 amide bonds. The van der Waals surface area contributed by atoms with Crippen molar-refractivity contribution in [3.63, 3.8) is 0 Å². The first-order valence-electron chi connectivity index (χ1n) is 8.80. The molecule has 0 aliphatic rings. The lowest BCUT2D eigenvalue weighted by molar-refractivity contribution is 1.04. The Morgan fingerprint density at radius 2 is 1.38 bits per heavy atom. The number of hydrogen-bond acceptors (Lipinski definition) is 3. The smallest absolute Gasteiger partial charge is 0.164 e. The highest BCUT2D eigenvalue weighted by Gasteiger charge is 2.12. The van der Waals surface area contributed by atoms with Crippen LogP contribution in [0.1, 0.15) is 30.8 Å². The Balaban J connectivity index is 2.23. The first-order valence-corrected chi connectivity index (χ1v) is 8.80. The van der Waals surface area contributed by atoms with Crippen LogP contribution in [0, 0.1) is 13.8 Å². The highest BCUT2D eigenvalue weighted by atomic mass is 15.0. The molecule has 0 saturated carbocycles. The second-order valence-corrected chi connectivity index (χ2v) is 6.29. The van der Waals surface area contributed by atoms with Crippen molar-refractivity contribution < 1.29 is 0 Å². The van der Waals surface area contributed by atoms with Gasteiger partial charge in [-0.15, -0.1) is 0 Å². The van der Waals surface area contributed by atoms with E-state index >= 15 is 0 Å². The third-order valence-corrected chi connectivity index (χ3v) is 4.06. The summed E-state index contributed by atoms with van der Waals surface area (Å²) in [5.41, 5.74) is 5.38. The van der Waals surface area contributed by atoms with Crippen molar-refractivity contribution in [2.45, 2.75) is 27.7 Å². The van der Waals surface area contributed by atoms with Crippen LogP contribution in [-0.2, 0) is 0 Å². The Kier molecular flexibility index (Phi) is 5.37. The van der Waals surface area contributed by atoms with Crippen LogP contribution in [0.2, 0.25) is 0 Å². The van der Waals surface area contributed by atoms with E-state index < -0.39 is 0 Å². The van der Waals surface area contributed by atoms with Crippen LogP contribution in [0.3, 0.4) is 0 Å². The minimum atomic E-state index is 0.689. The number of allylic oxidation sites excluding steroid dienone is 4. The van der Waals surface area contributed by atoms with Crippen molar-refractivity contribution >= 4 is 5.57 Å². The van der Waals surface area contributed by atoms with Crippen molar-refractivity contribution in [2.75, 3.05) is 0 Å². The number of nitrogens with zero attached hydrogens (tertiary/aromatic N) is 3. The van der Waals surface area contributed by atoms with E-state index in [1.54, 1.807) is 0 Å². The van der Waals surface area contributed by atoms with E-state index in [1.165, 1.54) is 11.1 Å². The molecule has 0 aliphatic heterocycles. The molecule has 26 heavy (non-hydrogen) atoms. The van der Waals surface area contributed by atoms with E-state index in [1.807, 2.05) is 62.4 Å². The fourth-order valence-corrected chi connectivity index (χ4v) is 2.93. The molecule has 130 valence electrons. The van der Waals surface area contributed by atoms with Gasteiger partial charge < -0.3 is 0 Å². The van der Waals surface area contributed by atoms with Gasteiger partial charge in [-0.05, 0) is 39.8 Å². The lowest BCUT2D eigenvalue weighted by Gasteiger charge is -2.09. The van der Waals surface area contributed by atoms with E-state index in [9.17, 15) is 0 Å². The van der Waals surface area contributed by atoms with Crippen molar-refractivity contribution in [1.82, 2.24) is 15.0 Å². The zero-order valence-electron chi connectivity index (χ0n) is 15.7. The number of benzene rings is 2. The maximum atomic E-state index is 4.76. The Labute approximate surface area is 155 Å². The molecule has 3 rings (SSSR count). The van der Waals surface area contributed by atoms with Crippen molar-refractivity contribution in [3.8, 4) is 22.8 Å². The van der Waals surface area contributed by atoms with E-state index in [2.05, 4.69) is 32.0 Å². The molecule has 3 aromatic rings. The topological polar surface area (TPSA) is 38.7 Å². The molecule has 0 radical (unpaired) electrons. The van der Waals surface area contributed by atoms with Gasteiger partial charge in [0.25, 0.3) is 0 Å². The zero-order chi connectivity index (χ0) is 18.5. The summed E-state index contributed by atoms with van der Waals surface area (Å²) in [5, 5.41) is 0. The fourth-order valence-electron chi connectivity index (χ4n) is 2.93. The zero-order valence-corrected chi connectivity index (χ0v) is 15.7. The summed E-state index contributed by atoms with van der Waals surface area (Å²) in [6.45, 7) is 8.17. The molecule has 0 atom stereocenters. The Morgan fingerprint density at radius 3 is 1.96 bits per heavy atom. The second-order valence-electron chi connectivity index (χ2n) is 6.29. The Bertz CT molecular complexity index is 950. The van der Waals surface area contributed by atoms with Crippen LogP contribution in [-0.4, -0.2) is 15.0 Å². The molecule has 0 unspecified atom stereocenters. The summed E-state index contributed by atoms with van der Waals surface area (Å²) >= 11 is 0. The highest BCUT2D eigenvalue weighted by molar-refractivity contribution is 5.72. The summed E-state index contributed by atoms with van der Waals surface area (Å²) in [5.74, 6) is 2.08. The molecule has 0 spiro atoms. The Morgan fingerprint density at radius 1 is 0.769 bits per heavy atom. The molecular weight excluding hydrogens is 318 g/mol. The molecule has 0 N–H and O–H groups in total. The summed E-state index contributed by atoms with van der Waals surface area (Å²) in [4.78, 5) is 14.2. The summed E-state index contributed by atoms with van der Waals surface area (Å²) in [7, 11) is 0. The monoisotopic (exact) mass is 341 g/mol. The quantitative estimate of drug-likeness (QED) is 0.563. The predicted molar refractivity (Wildman–Crippen MR) is 109 cm³/mol. The molecule has 3 heteroatoms. The predicted octanol–water partition coefficient (Wildman–Crippen LogP) is 5.80. The molecular formula is C23H23N3. The van der Waals surface area contributed by atoms with Gasteiger partial charge in [-0.1, -0.05) is 65.8 Å². The maximum absolute atomic E-state index is 4.76. The average molecular weight is 341 g/mol. The van der Waals surface area contributed by atoms with Gasteiger partial charge in [0.05, 0.1) is 0 Å². The lowest BCUT2D eigenvalue weighted by atomic mass is 10.1. The number of hydrogen-bond donors (Lipinski definition) is 0. The summed E-state index contributed by atoms with van der Waals surface area (Å²) in [6.07, 6.45) is 6.04. The maximum Gasteiger partial charge on any atom is 0.164 e. The normalized spacial score (nSPS) is 11.9. The van der Waals surface area contributed by atoms with Gasteiger partial charge in [-0.25, -0.2) is 15.0 Å². The third-order valence-electron chi connectivity index (χ3n) is 4.06. The Hall–Kier alpha value is -3.07. The van der Waals surface area contributed by atoms with Gasteiger partial charge in [-0.2, -0.15) is 0 Å². The second kappa shape index (κ2) is 7.87. The van der Waals surface area contributed by atoms with Crippen LogP contribution in [0.25, 0.3) is 28.3 Å². The molecule has 0 aliphatic carbocycles. The number of aromatic nitrogens is 3. The van der Waals surface area contributed by atoms with Crippen LogP contribution in [0.4, 0.5) is 0 Å². The third kappa shape index (κ3) is 3.94. The molecule has 0 saturated heterocycles. The van der Waals surface area contributed by atoms with Gasteiger partial charge in [0.1, 0.15) is 0 Å². The average Bonchev–Trinajstić information content (AvgIpc) is 2.65. The minimum Gasteiger partial charge on any atom is -0.208 e. The SMILES string of the molecule is C/C=C\C(=C/C)c1nc(-c2ccccc2)nc(-c2cc(C)cc(C)c2)n1. The fraction of sp³-hybridized carbons (Fsp3) is 0.174. The van der Waals surface area contributed by atoms with E-state index in [-0.39, 0.29) is 0 Å². The first kappa shape index (κ1) is 17.7. The number of aryl methyl sites for hydroxylation is 2. The van der Waals surface area contributed by atoms with E-state index in [0.717, 1.165) is 16.7 Å². The van der Waals surface area contributed by atoms with Crippen molar-refractivity contribution in [2.24, 2.45) is 0 Å². The molecule has 3 nitrogen and oxygen atoms in total. The highest BCUT2D eigenvalue weighted by Crippen LogP contribution is 2.24. The van der Waals surface area contributed by atoms with Gasteiger partial charge in [-0.3, -0.25) is 0 Å². The standard InChI is InChI=1S/C23H23N3/c1-5-10-18(6-2)21-24-22(19-11-8-7-9-12-19)26-23(25-21)20-14-16(3)13-17(4)15-20/h5-15H,1-4H3/b10-5-,18-6+. The number of rotatable bonds is 4. The molecule has 1 heterocycles. The van der Waals surface area contributed by atoms with Crippen LogP contribution in [0.15, 0.2) is 66.8 Å². The summed E-state index contributed by atoms with van der Waals surface area (Å²) < 4.78 is 0. The van der Waals surface area contributed by atoms with Crippen molar-refractivity contribution in [1.29, 1.82) is 0 Å². The van der Waals surface area contributed by atoms with Crippen LogP contribution >= 0.6 is 0 Å². The van der Waals surface area contributed by atoms with Gasteiger partial charge in [0.15, 0.2) is 17.5 Å². The minimum absolute atomic E-state index is 0.689. The molecule has 1 aromatic heterocycles. The van der Waals surface area contributed by atoms with Gasteiger partial charge in [0.2, 0.25) is 0 Å². The van der Waals surface area contributed by atoms with E-state index in [0.29, 0.717) is 17.5 Å².